The summed E-state index contributed by atoms with van der Waals surface area (Å²) in [6, 6.07) is 19.8. The highest BCUT2D eigenvalue weighted by atomic mass is 16.3. The highest BCUT2D eigenvalue weighted by Gasteiger charge is 2.56. The molecule has 0 aromatic heterocycles. The Kier molecular flexibility index (Phi) is 4.08. The van der Waals surface area contributed by atoms with Crippen LogP contribution in [0.5, 0.6) is 0 Å². The Morgan fingerprint density at radius 3 is 2.25 bits per heavy atom. The van der Waals surface area contributed by atoms with Crippen molar-refractivity contribution in [1.82, 2.24) is 10.2 Å². The third-order valence-electron chi connectivity index (χ3n) is 5.19. The molecule has 24 heavy (non-hydrogen) atoms. The van der Waals surface area contributed by atoms with Gasteiger partial charge in [-0.1, -0.05) is 60.7 Å². The smallest absolute Gasteiger partial charge is 0.253 e. The first-order chi connectivity index (χ1) is 11.7. The third-order valence-corrected chi connectivity index (χ3v) is 5.19. The standard InChI is InChI=1S/C20H22N2O2/c23-19(15-9-5-2-6-10-15)20(24)21-18-16-12-22(13-17(16)18)11-14-7-3-1-4-8-14/h1-10,16-19,23H,11-13H2,(H,21,24)/t16-,17+,18?,19?. The SMILES string of the molecule is O=C(NC1[C@H]2CN(Cc3ccccc3)C[C@@H]12)C(O)c1ccccc1. The van der Waals surface area contributed by atoms with Crippen LogP contribution in [0.4, 0.5) is 0 Å². The highest BCUT2D eigenvalue weighted by molar-refractivity contribution is 5.82. The first-order valence-electron chi connectivity index (χ1n) is 8.52. The lowest BCUT2D eigenvalue weighted by atomic mass is 10.1. The van der Waals surface area contributed by atoms with E-state index in [0.29, 0.717) is 17.4 Å². The molecule has 2 aromatic rings. The number of amides is 1. The predicted molar refractivity (Wildman–Crippen MR) is 92.0 cm³/mol. The van der Waals surface area contributed by atoms with Crippen LogP contribution in [0.15, 0.2) is 60.7 Å². The Morgan fingerprint density at radius 1 is 1.04 bits per heavy atom. The minimum absolute atomic E-state index is 0.225. The van der Waals surface area contributed by atoms with Crippen LogP contribution in [0.1, 0.15) is 17.2 Å². The van der Waals surface area contributed by atoms with E-state index in [-0.39, 0.29) is 11.9 Å². The van der Waals surface area contributed by atoms with Crippen molar-refractivity contribution < 1.29 is 9.90 Å². The molecule has 1 saturated heterocycles. The molecule has 4 heteroatoms. The number of rotatable bonds is 5. The predicted octanol–water partition coefficient (Wildman–Crippen LogP) is 1.97. The van der Waals surface area contributed by atoms with Gasteiger partial charge in [-0.2, -0.15) is 0 Å². The van der Waals surface area contributed by atoms with Gasteiger partial charge in [0.1, 0.15) is 0 Å². The van der Waals surface area contributed by atoms with Crippen molar-refractivity contribution in [3.05, 3.63) is 71.8 Å². The summed E-state index contributed by atoms with van der Waals surface area (Å²) in [5, 5.41) is 13.2. The molecular weight excluding hydrogens is 300 g/mol. The number of fused-ring (bicyclic) bond motifs is 1. The van der Waals surface area contributed by atoms with E-state index in [1.54, 1.807) is 12.1 Å². The van der Waals surface area contributed by atoms with Gasteiger partial charge in [0.05, 0.1) is 0 Å². The second kappa shape index (κ2) is 6.38. The van der Waals surface area contributed by atoms with Gasteiger partial charge in [0, 0.05) is 25.7 Å². The molecule has 2 fully saturated rings. The number of piperidine rings is 1. The van der Waals surface area contributed by atoms with Crippen molar-refractivity contribution in [1.29, 1.82) is 0 Å². The number of carbonyl (C=O) groups is 1. The minimum atomic E-state index is -1.08. The highest BCUT2D eigenvalue weighted by Crippen LogP contribution is 2.46. The summed E-state index contributed by atoms with van der Waals surface area (Å²) < 4.78 is 0. The van der Waals surface area contributed by atoms with E-state index in [0.717, 1.165) is 19.6 Å². The van der Waals surface area contributed by atoms with Crippen LogP contribution in [0.2, 0.25) is 0 Å². The van der Waals surface area contributed by atoms with Gasteiger partial charge in [-0.05, 0) is 23.0 Å². The van der Waals surface area contributed by atoms with Crippen LogP contribution in [-0.2, 0) is 11.3 Å². The molecule has 2 aliphatic rings. The zero-order valence-corrected chi connectivity index (χ0v) is 13.5. The molecule has 2 N–H and O–H groups in total. The number of aliphatic hydroxyl groups is 1. The van der Waals surface area contributed by atoms with E-state index in [9.17, 15) is 9.90 Å². The second-order valence-electron chi connectivity index (χ2n) is 6.85. The number of nitrogens with one attached hydrogen (secondary N) is 1. The zero-order valence-electron chi connectivity index (χ0n) is 13.5. The molecule has 4 nitrogen and oxygen atoms in total. The van der Waals surface area contributed by atoms with Gasteiger partial charge >= 0.3 is 0 Å². The Labute approximate surface area is 142 Å². The van der Waals surface area contributed by atoms with Crippen LogP contribution in [-0.4, -0.2) is 35.0 Å². The van der Waals surface area contributed by atoms with Crippen molar-refractivity contribution in [3.63, 3.8) is 0 Å². The Morgan fingerprint density at radius 2 is 1.62 bits per heavy atom. The molecule has 2 aromatic carbocycles. The lowest BCUT2D eigenvalue weighted by Crippen LogP contribution is -2.37. The molecule has 0 radical (unpaired) electrons. The van der Waals surface area contributed by atoms with Crippen molar-refractivity contribution in [2.45, 2.75) is 18.7 Å². The van der Waals surface area contributed by atoms with Crippen LogP contribution in [0, 0.1) is 11.8 Å². The Bertz CT molecular complexity index is 692. The fourth-order valence-electron chi connectivity index (χ4n) is 3.83. The summed E-state index contributed by atoms with van der Waals surface area (Å²) in [7, 11) is 0. The quantitative estimate of drug-likeness (QED) is 0.885. The second-order valence-corrected chi connectivity index (χ2v) is 6.85. The summed E-state index contributed by atoms with van der Waals surface area (Å²) in [6.07, 6.45) is -1.08. The Balaban J connectivity index is 1.27. The fourth-order valence-corrected chi connectivity index (χ4v) is 3.83. The molecule has 1 amide bonds. The van der Waals surface area contributed by atoms with Crippen molar-refractivity contribution in [3.8, 4) is 0 Å². The molecule has 4 rings (SSSR count). The van der Waals surface area contributed by atoms with Crippen LogP contribution >= 0.6 is 0 Å². The van der Waals surface area contributed by atoms with Crippen molar-refractivity contribution in [2.75, 3.05) is 13.1 Å². The maximum absolute atomic E-state index is 12.2. The summed E-state index contributed by atoms with van der Waals surface area (Å²) in [5.41, 5.74) is 1.98. The lowest BCUT2D eigenvalue weighted by Gasteiger charge is -2.20. The maximum Gasteiger partial charge on any atom is 0.253 e. The van der Waals surface area contributed by atoms with Crippen LogP contribution in [0.3, 0.4) is 0 Å². The number of hydrogen-bond donors (Lipinski definition) is 2. The topological polar surface area (TPSA) is 52.6 Å². The van der Waals surface area contributed by atoms with Crippen molar-refractivity contribution >= 4 is 5.91 Å². The number of nitrogens with zero attached hydrogens (tertiary/aromatic N) is 1. The molecule has 1 heterocycles. The average molecular weight is 322 g/mol. The summed E-state index contributed by atoms with van der Waals surface area (Å²) in [4.78, 5) is 14.7. The zero-order chi connectivity index (χ0) is 16.5. The molecule has 2 unspecified atom stereocenters. The molecule has 1 aliphatic heterocycles. The molecule has 0 spiro atoms. The molecule has 124 valence electrons. The van der Waals surface area contributed by atoms with Crippen molar-refractivity contribution in [2.24, 2.45) is 11.8 Å². The number of carbonyl (C=O) groups excluding carboxylic acids is 1. The molecule has 1 saturated carbocycles. The minimum Gasteiger partial charge on any atom is -0.378 e. The maximum atomic E-state index is 12.2. The Hall–Kier alpha value is -2.17. The van der Waals surface area contributed by atoms with Gasteiger partial charge in [-0.3, -0.25) is 9.69 Å². The summed E-state index contributed by atoms with van der Waals surface area (Å²) in [5.74, 6) is 0.775. The average Bonchev–Trinajstić information content (AvgIpc) is 3.06. The lowest BCUT2D eigenvalue weighted by molar-refractivity contribution is -0.130. The van der Waals surface area contributed by atoms with Gasteiger partial charge in [-0.25, -0.2) is 0 Å². The van der Waals surface area contributed by atoms with E-state index in [4.69, 9.17) is 0 Å². The van der Waals surface area contributed by atoms with E-state index in [1.165, 1.54) is 5.56 Å². The van der Waals surface area contributed by atoms with Gasteiger partial charge in [0.2, 0.25) is 0 Å². The number of hydrogen-bond acceptors (Lipinski definition) is 3. The van der Waals surface area contributed by atoms with E-state index < -0.39 is 6.10 Å². The van der Waals surface area contributed by atoms with E-state index in [1.807, 2.05) is 24.3 Å². The van der Waals surface area contributed by atoms with Crippen LogP contribution < -0.4 is 5.32 Å². The van der Waals surface area contributed by atoms with Gasteiger partial charge in [0.25, 0.3) is 5.91 Å². The van der Waals surface area contributed by atoms with Gasteiger partial charge < -0.3 is 10.4 Å². The number of aliphatic hydroxyl groups excluding tert-OH is 1. The van der Waals surface area contributed by atoms with Gasteiger partial charge in [-0.15, -0.1) is 0 Å². The molecule has 1 aliphatic carbocycles. The van der Waals surface area contributed by atoms with E-state index in [2.05, 4.69) is 34.5 Å². The van der Waals surface area contributed by atoms with Gasteiger partial charge in [0.15, 0.2) is 6.10 Å². The molecule has 4 atom stereocenters. The molecule has 0 bridgehead atoms. The molecular formula is C20H22N2O2. The van der Waals surface area contributed by atoms with Crippen LogP contribution in [0.25, 0.3) is 0 Å². The summed E-state index contributed by atoms with van der Waals surface area (Å²) in [6.45, 7) is 3.01. The monoisotopic (exact) mass is 322 g/mol. The first kappa shape index (κ1) is 15.4. The fraction of sp³-hybridized carbons (Fsp3) is 0.350. The third kappa shape index (κ3) is 3.07. The normalized spacial score (nSPS) is 26.6. The number of benzene rings is 2. The first-order valence-corrected chi connectivity index (χ1v) is 8.52. The largest absolute Gasteiger partial charge is 0.378 e. The van der Waals surface area contributed by atoms with E-state index >= 15 is 0 Å². The summed E-state index contributed by atoms with van der Waals surface area (Å²) >= 11 is 0. The number of likely N-dealkylation sites (tertiary alicyclic amines) is 1.